The van der Waals surface area contributed by atoms with E-state index in [1.54, 1.807) is 6.07 Å². The van der Waals surface area contributed by atoms with Gasteiger partial charge in [-0.2, -0.15) is 0 Å². The molecule has 3 rings (SSSR count). The van der Waals surface area contributed by atoms with Crippen molar-refractivity contribution in [3.05, 3.63) is 76.4 Å². The standard InChI is InChI=1S/C20H20N2O3/c1-3-17-8-5-11-21(17)20(23)19-13-16(10-9-14(19)2)15-6-4-7-18(12-15)22(24)25/h3-4,6-7,9-10,12-13,17H,1,5,8,11H2,2H3. The van der Waals surface area contributed by atoms with Crippen LogP contribution in [0.1, 0.15) is 28.8 Å². The fourth-order valence-electron chi connectivity index (χ4n) is 3.28. The molecule has 1 aliphatic heterocycles. The first-order valence-electron chi connectivity index (χ1n) is 8.30. The fraction of sp³-hybridized carbons (Fsp3) is 0.250. The Hall–Kier alpha value is -2.95. The second kappa shape index (κ2) is 6.89. The minimum Gasteiger partial charge on any atom is -0.332 e. The third-order valence-corrected chi connectivity index (χ3v) is 4.69. The van der Waals surface area contributed by atoms with E-state index in [0.29, 0.717) is 5.56 Å². The van der Waals surface area contributed by atoms with Gasteiger partial charge in [-0.25, -0.2) is 0 Å². The first-order chi connectivity index (χ1) is 12.0. The molecule has 1 fully saturated rings. The Kier molecular flexibility index (Phi) is 4.65. The van der Waals surface area contributed by atoms with Crippen LogP contribution >= 0.6 is 0 Å². The summed E-state index contributed by atoms with van der Waals surface area (Å²) in [4.78, 5) is 25.4. The maximum atomic E-state index is 13.0. The molecular formula is C20H20N2O3. The van der Waals surface area contributed by atoms with Crippen LogP contribution in [-0.4, -0.2) is 28.3 Å². The van der Waals surface area contributed by atoms with Gasteiger partial charge in [-0.1, -0.05) is 30.3 Å². The lowest BCUT2D eigenvalue weighted by Crippen LogP contribution is -2.34. The molecule has 1 saturated heterocycles. The Morgan fingerprint density at radius 2 is 2.04 bits per heavy atom. The summed E-state index contributed by atoms with van der Waals surface area (Å²) in [5.74, 6) is -0.00724. The Morgan fingerprint density at radius 1 is 1.28 bits per heavy atom. The highest BCUT2D eigenvalue weighted by molar-refractivity contribution is 5.97. The van der Waals surface area contributed by atoms with Crippen molar-refractivity contribution in [2.45, 2.75) is 25.8 Å². The van der Waals surface area contributed by atoms with E-state index < -0.39 is 4.92 Å². The molecule has 5 nitrogen and oxygen atoms in total. The van der Waals surface area contributed by atoms with Crippen LogP contribution in [0.5, 0.6) is 0 Å². The second-order valence-corrected chi connectivity index (χ2v) is 6.28. The van der Waals surface area contributed by atoms with Crippen LogP contribution in [0.2, 0.25) is 0 Å². The molecule has 0 aliphatic carbocycles. The highest BCUT2D eigenvalue weighted by Gasteiger charge is 2.28. The van der Waals surface area contributed by atoms with E-state index in [2.05, 4.69) is 6.58 Å². The maximum absolute atomic E-state index is 13.0. The number of hydrogen-bond acceptors (Lipinski definition) is 3. The number of carbonyl (C=O) groups excluding carboxylic acids is 1. The van der Waals surface area contributed by atoms with Crippen molar-refractivity contribution in [2.24, 2.45) is 0 Å². The summed E-state index contributed by atoms with van der Waals surface area (Å²) < 4.78 is 0. The van der Waals surface area contributed by atoms with Crippen molar-refractivity contribution in [2.75, 3.05) is 6.54 Å². The van der Waals surface area contributed by atoms with E-state index in [0.717, 1.165) is 36.1 Å². The van der Waals surface area contributed by atoms with E-state index in [-0.39, 0.29) is 17.6 Å². The van der Waals surface area contributed by atoms with Crippen molar-refractivity contribution in [1.29, 1.82) is 0 Å². The predicted molar refractivity (Wildman–Crippen MR) is 97.5 cm³/mol. The van der Waals surface area contributed by atoms with Gasteiger partial charge in [0.05, 0.1) is 11.0 Å². The second-order valence-electron chi connectivity index (χ2n) is 6.28. The van der Waals surface area contributed by atoms with Gasteiger partial charge in [0.15, 0.2) is 0 Å². The number of rotatable bonds is 4. The van der Waals surface area contributed by atoms with Gasteiger partial charge < -0.3 is 4.90 Å². The van der Waals surface area contributed by atoms with Crippen LogP contribution in [0, 0.1) is 17.0 Å². The van der Waals surface area contributed by atoms with E-state index in [4.69, 9.17) is 0 Å². The molecule has 1 aliphatic rings. The molecule has 0 N–H and O–H groups in total. The molecule has 1 unspecified atom stereocenters. The molecule has 2 aromatic carbocycles. The van der Waals surface area contributed by atoms with Crippen LogP contribution in [0.25, 0.3) is 11.1 Å². The monoisotopic (exact) mass is 336 g/mol. The summed E-state index contributed by atoms with van der Waals surface area (Å²) in [5, 5.41) is 11.0. The smallest absolute Gasteiger partial charge is 0.270 e. The minimum absolute atomic E-state index is 0.00724. The lowest BCUT2D eigenvalue weighted by molar-refractivity contribution is -0.384. The van der Waals surface area contributed by atoms with Crippen molar-refractivity contribution in [3.8, 4) is 11.1 Å². The topological polar surface area (TPSA) is 63.5 Å². The zero-order valence-electron chi connectivity index (χ0n) is 14.1. The molecule has 1 heterocycles. The number of carbonyl (C=O) groups is 1. The molecule has 1 amide bonds. The normalized spacial score (nSPS) is 16.7. The third kappa shape index (κ3) is 3.31. The summed E-state index contributed by atoms with van der Waals surface area (Å²) in [6.45, 7) is 6.46. The summed E-state index contributed by atoms with van der Waals surface area (Å²) >= 11 is 0. The lowest BCUT2D eigenvalue weighted by Gasteiger charge is -2.23. The molecule has 0 saturated carbocycles. The van der Waals surface area contributed by atoms with Crippen LogP contribution in [0.15, 0.2) is 55.1 Å². The van der Waals surface area contributed by atoms with Crippen LogP contribution in [0.4, 0.5) is 5.69 Å². The van der Waals surface area contributed by atoms with E-state index in [1.807, 2.05) is 42.2 Å². The number of amides is 1. The lowest BCUT2D eigenvalue weighted by atomic mass is 9.98. The molecule has 5 heteroatoms. The minimum atomic E-state index is -0.414. The van der Waals surface area contributed by atoms with E-state index >= 15 is 0 Å². The van der Waals surface area contributed by atoms with Gasteiger partial charge in [-0.05, 0) is 42.5 Å². The molecule has 25 heavy (non-hydrogen) atoms. The Balaban J connectivity index is 1.98. The first kappa shape index (κ1) is 16.9. The van der Waals surface area contributed by atoms with E-state index in [9.17, 15) is 14.9 Å². The molecular weight excluding hydrogens is 316 g/mol. The summed E-state index contributed by atoms with van der Waals surface area (Å²) in [5.41, 5.74) is 3.10. The van der Waals surface area contributed by atoms with Crippen molar-refractivity contribution in [3.63, 3.8) is 0 Å². The number of aryl methyl sites for hydroxylation is 1. The van der Waals surface area contributed by atoms with Gasteiger partial charge in [-0.15, -0.1) is 6.58 Å². The average Bonchev–Trinajstić information content (AvgIpc) is 3.10. The van der Waals surface area contributed by atoms with Crippen LogP contribution in [-0.2, 0) is 0 Å². The van der Waals surface area contributed by atoms with Gasteiger partial charge in [0, 0.05) is 24.2 Å². The molecule has 0 radical (unpaired) electrons. The van der Waals surface area contributed by atoms with Gasteiger partial charge >= 0.3 is 0 Å². The zero-order valence-corrected chi connectivity index (χ0v) is 14.1. The van der Waals surface area contributed by atoms with Crippen LogP contribution in [0.3, 0.4) is 0 Å². The number of nitrogens with zero attached hydrogens (tertiary/aromatic N) is 2. The summed E-state index contributed by atoms with van der Waals surface area (Å²) in [7, 11) is 0. The van der Waals surface area contributed by atoms with Crippen molar-refractivity contribution < 1.29 is 9.72 Å². The van der Waals surface area contributed by atoms with Gasteiger partial charge in [0.1, 0.15) is 0 Å². The number of nitro benzene ring substituents is 1. The predicted octanol–water partition coefficient (Wildman–Crippen LogP) is 4.36. The maximum Gasteiger partial charge on any atom is 0.270 e. The summed E-state index contributed by atoms with van der Waals surface area (Å²) in [6, 6.07) is 12.1. The Morgan fingerprint density at radius 3 is 2.76 bits per heavy atom. The molecule has 0 bridgehead atoms. The van der Waals surface area contributed by atoms with Gasteiger partial charge in [-0.3, -0.25) is 14.9 Å². The van der Waals surface area contributed by atoms with Crippen molar-refractivity contribution in [1.82, 2.24) is 4.90 Å². The average molecular weight is 336 g/mol. The molecule has 1 atom stereocenters. The number of benzene rings is 2. The highest BCUT2D eigenvalue weighted by atomic mass is 16.6. The fourth-order valence-corrected chi connectivity index (χ4v) is 3.28. The molecule has 128 valence electrons. The third-order valence-electron chi connectivity index (χ3n) is 4.69. The summed E-state index contributed by atoms with van der Waals surface area (Å²) in [6.07, 6.45) is 3.75. The first-order valence-corrected chi connectivity index (χ1v) is 8.30. The number of nitro groups is 1. The van der Waals surface area contributed by atoms with Gasteiger partial charge in [0.2, 0.25) is 0 Å². The van der Waals surface area contributed by atoms with E-state index in [1.165, 1.54) is 12.1 Å². The number of non-ortho nitro benzene ring substituents is 1. The largest absolute Gasteiger partial charge is 0.332 e. The molecule has 2 aromatic rings. The number of likely N-dealkylation sites (tertiary alicyclic amines) is 1. The van der Waals surface area contributed by atoms with Crippen LogP contribution < -0.4 is 0 Å². The molecule has 0 spiro atoms. The Bertz CT molecular complexity index is 845. The Labute approximate surface area is 146 Å². The SMILES string of the molecule is C=CC1CCCN1C(=O)c1cc(-c2cccc([N+](=O)[O-])c2)ccc1C. The molecule has 0 aromatic heterocycles. The van der Waals surface area contributed by atoms with Crippen molar-refractivity contribution >= 4 is 11.6 Å². The zero-order chi connectivity index (χ0) is 18.0. The highest BCUT2D eigenvalue weighted by Crippen LogP contribution is 2.28. The quantitative estimate of drug-likeness (QED) is 0.473. The number of hydrogen-bond donors (Lipinski definition) is 0. The van der Waals surface area contributed by atoms with Gasteiger partial charge in [0.25, 0.3) is 11.6 Å².